The van der Waals surface area contributed by atoms with E-state index in [0.717, 1.165) is 12.1 Å². The summed E-state index contributed by atoms with van der Waals surface area (Å²) in [5.74, 6) is 0. The number of nitrogens with two attached hydrogens (primary N) is 1. The highest BCUT2D eigenvalue weighted by Gasteiger charge is 1.85. The molecule has 1 nitrogen and oxygen atoms in total. The number of anilines is 1. The van der Waals surface area contributed by atoms with Gasteiger partial charge in [-0.1, -0.05) is 31.2 Å². The number of benzene rings is 1. The summed E-state index contributed by atoms with van der Waals surface area (Å²) < 4.78 is 0. The Labute approximate surface area is 67.5 Å². The van der Waals surface area contributed by atoms with Crippen LogP contribution in [0.4, 0.5) is 5.69 Å². The van der Waals surface area contributed by atoms with Crippen molar-refractivity contribution in [3.05, 3.63) is 35.9 Å². The molecule has 0 fully saturated rings. The first kappa shape index (κ1) is 7.86. The maximum Gasteiger partial charge on any atom is 0.0319 e. The fraction of sp³-hybridized carbons (Fsp3) is 0.200. The fourth-order valence-corrected chi connectivity index (χ4v) is 0.917. The highest BCUT2D eigenvalue weighted by atomic mass is 14.5. The van der Waals surface area contributed by atoms with E-state index in [-0.39, 0.29) is 0 Å². The molecule has 0 saturated carbocycles. The first-order valence-electron chi connectivity index (χ1n) is 3.85. The zero-order valence-electron chi connectivity index (χ0n) is 6.75. The molecule has 0 spiro atoms. The van der Waals surface area contributed by atoms with E-state index < -0.39 is 0 Å². The minimum atomic E-state index is 0.822. The zero-order valence-corrected chi connectivity index (χ0v) is 6.75. The van der Waals surface area contributed by atoms with Crippen LogP contribution in [0, 0.1) is 0 Å². The van der Waals surface area contributed by atoms with Gasteiger partial charge in [-0.05, 0) is 24.1 Å². The maximum atomic E-state index is 5.60. The van der Waals surface area contributed by atoms with Crippen molar-refractivity contribution in [2.45, 2.75) is 13.3 Å². The molecule has 0 saturated heterocycles. The lowest BCUT2D eigenvalue weighted by Gasteiger charge is -1.94. The van der Waals surface area contributed by atoms with Crippen LogP contribution in [-0.4, -0.2) is 0 Å². The zero-order chi connectivity index (χ0) is 8.10. The molecular formula is C10H13N. The predicted molar refractivity (Wildman–Crippen MR) is 50.2 cm³/mol. The standard InChI is InChI=1S/C10H13N/c1-2-3-5-9-6-4-7-10(11)8-9/h3-8H,2,11H2,1H3/b5-3+. The third kappa shape index (κ3) is 2.46. The van der Waals surface area contributed by atoms with Gasteiger partial charge in [-0.15, -0.1) is 0 Å². The van der Waals surface area contributed by atoms with Gasteiger partial charge in [-0.3, -0.25) is 0 Å². The van der Waals surface area contributed by atoms with E-state index in [1.807, 2.05) is 24.3 Å². The Balaban J connectivity index is 2.79. The normalized spacial score (nSPS) is 10.6. The van der Waals surface area contributed by atoms with Crippen molar-refractivity contribution in [2.24, 2.45) is 0 Å². The molecule has 0 aromatic heterocycles. The Morgan fingerprint density at radius 1 is 1.45 bits per heavy atom. The van der Waals surface area contributed by atoms with Gasteiger partial charge in [0.25, 0.3) is 0 Å². The monoisotopic (exact) mass is 147 g/mol. The molecule has 0 bridgehead atoms. The Bertz CT molecular complexity index is 251. The highest BCUT2D eigenvalue weighted by molar-refractivity contribution is 5.55. The van der Waals surface area contributed by atoms with E-state index >= 15 is 0 Å². The molecular weight excluding hydrogens is 134 g/mol. The fourth-order valence-electron chi connectivity index (χ4n) is 0.917. The van der Waals surface area contributed by atoms with Crippen molar-refractivity contribution in [1.82, 2.24) is 0 Å². The number of nitrogen functional groups attached to an aromatic ring is 1. The van der Waals surface area contributed by atoms with Gasteiger partial charge in [0.2, 0.25) is 0 Å². The average Bonchev–Trinajstić information content (AvgIpc) is 2.01. The van der Waals surface area contributed by atoms with Crippen molar-refractivity contribution in [1.29, 1.82) is 0 Å². The SMILES string of the molecule is CC/C=C/c1cccc(N)c1. The Hall–Kier alpha value is -1.24. The van der Waals surface area contributed by atoms with Crippen LogP contribution in [0.1, 0.15) is 18.9 Å². The van der Waals surface area contributed by atoms with Gasteiger partial charge in [0.05, 0.1) is 0 Å². The lowest BCUT2D eigenvalue weighted by Crippen LogP contribution is -1.83. The van der Waals surface area contributed by atoms with E-state index in [4.69, 9.17) is 5.73 Å². The van der Waals surface area contributed by atoms with Gasteiger partial charge in [0.1, 0.15) is 0 Å². The lowest BCUT2D eigenvalue weighted by atomic mass is 10.2. The van der Waals surface area contributed by atoms with Gasteiger partial charge in [-0.2, -0.15) is 0 Å². The largest absolute Gasteiger partial charge is 0.399 e. The summed E-state index contributed by atoms with van der Waals surface area (Å²) in [6.45, 7) is 2.11. The van der Waals surface area contributed by atoms with Crippen LogP contribution in [0.3, 0.4) is 0 Å². The predicted octanol–water partition coefficient (Wildman–Crippen LogP) is 2.69. The molecule has 1 heteroatoms. The van der Waals surface area contributed by atoms with Crippen LogP contribution in [0.5, 0.6) is 0 Å². The summed E-state index contributed by atoms with van der Waals surface area (Å²) in [6.07, 6.45) is 5.26. The molecule has 1 aromatic carbocycles. The molecule has 0 atom stereocenters. The van der Waals surface area contributed by atoms with Crippen LogP contribution in [0.25, 0.3) is 6.08 Å². The number of allylic oxidation sites excluding steroid dienone is 1. The Morgan fingerprint density at radius 2 is 2.27 bits per heavy atom. The van der Waals surface area contributed by atoms with Gasteiger partial charge in [-0.25, -0.2) is 0 Å². The summed E-state index contributed by atoms with van der Waals surface area (Å²) in [4.78, 5) is 0. The summed E-state index contributed by atoms with van der Waals surface area (Å²) in [7, 11) is 0. The second-order valence-electron chi connectivity index (χ2n) is 2.48. The van der Waals surface area contributed by atoms with Crippen LogP contribution >= 0.6 is 0 Å². The summed E-state index contributed by atoms with van der Waals surface area (Å²) in [6, 6.07) is 7.86. The maximum absolute atomic E-state index is 5.60. The summed E-state index contributed by atoms with van der Waals surface area (Å²) in [5, 5.41) is 0. The highest BCUT2D eigenvalue weighted by Crippen LogP contribution is 2.08. The smallest absolute Gasteiger partial charge is 0.0319 e. The van der Waals surface area contributed by atoms with Crippen molar-refractivity contribution in [2.75, 3.05) is 5.73 Å². The minimum Gasteiger partial charge on any atom is -0.399 e. The number of rotatable bonds is 2. The van der Waals surface area contributed by atoms with Crippen molar-refractivity contribution in [3.63, 3.8) is 0 Å². The first-order valence-corrected chi connectivity index (χ1v) is 3.85. The van der Waals surface area contributed by atoms with Gasteiger partial charge >= 0.3 is 0 Å². The van der Waals surface area contributed by atoms with Crippen LogP contribution < -0.4 is 5.73 Å². The third-order valence-electron chi connectivity index (χ3n) is 1.46. The van der Waals surface area contributed by atoms with Gasteiger partial charge < -0.3 is 5.73 Å². The molecule has 0 aliphatic rings. The molecule has 0 amide bonds. The Kier molecular flexibility index (Phi) is 2.73. The average molecular weight is 147 g/mol. The molecule has 2 N–H and O–H groups in total. The molecule has 0 aliphatic heterocycles. The molecule has 0 unspecified atom stereocenters. The van der Waals surface area contributed by atoms with Crippen molar-refractivity contribution < 1.29 is 0 Å². The molecule has 0 aliphatic carbocycles. The first-order chi connectivity index (χ1) is 5.33. The third-order valence-corrected chi connectivity index (χ3v) is 1.46. The molecule has 1 aromatic rings. The summed E-state index contributed by atoms with van der Waals surface area (Å²) in [5.41, 5.74) is 7.59. The Morgan fingerprint density at radius 3 is 2.91 bits per heavy atom. The van der Waals surface area contributed by atoms with Crippen molar-refractivity contribution in [3.8, 4) is 0 Å². The topological polar surface area (TPSA) is 26.0 Å². The second kappa shape index (κ2) is 3.81. The van der Waals surface area contributed by atoms with E-state index in [0.29, 0.717) is 0 Å². The van der Waals surface area contributed by atoms with E-state index in [9.17, 15) is 0 Å². The molecule has 58 valence electrons. The summed E-state index contributed by atoms with van der Waals surface area (Å²) >= 11 is 0. The quantitative estimate of drug-likeness (QED) is 0.639. The van der Waals surface area contributed by atoms with E-state index in [2.05, 4.69) is 19.1 Å². The van der Waals surface area contributed by atoms with Crippen LogP contribution in [0.15, 0.2) is 30.3 Å². The van der Waals surface area contributed by atoms with E-state index in [1.165, 1.54) is 5.56 Å². The van der Waals surface area contributed by atoms with Crippen LogP contribution in [0.2, 0.25) is 0 Å². The number of hydrogen-bond acceptors (Lipinski definition) is 1. The minimum absolute atomic E-state index is 0.822. The van der Waals surface area contributed by atoms with E-state index in [1.54, 1.807) is 0 Å². The lowest BCUT2D eigenvalue weighted by molar-refractivity contribution is 1.23. The van der Waals surface area contributed by atoms with Crippen molar-refractivity contribution >= 4 is 11.8 Å². The molecule has 1 rings (SSSR count). The van der Waals surface area contributed by atoms with Gasteiger partial charge in [0.15, 0.2) is 0 Å². The molecule has 0 radical (unpaired) electrons. The molecule has 0 heterocycles. The second-order valence-corrected chi connectivity index (χ2v) is 2.48. The van der Waals surface area contributed by atoms with Crippen LogP contribution in [-0.2, 0) is 0 Å². The molecule has 11 heavy (non-hydrogen) atoms. The number of hydrogen-bond donors (Lipinski definition) is 1. The van der Waals surface area contributed by atoms with Gasteiger partial charge in [0, 0.05) is 5.69 Å².